The number of hydrogen-bond acceptors (Lipinski definition) is 4. The molecule has 1 aliphatic rings. The molecule has 0 spiro atoms. The van der Waals surface area contributed by atoms with Gasteiger partial charge in [-0.2, -0.15) is 5.26 Å². The average Bonchev–Trinajstić information content (AvgIpc) is 3.03. The number of rotatable bonds is 4. The first-order chi connectivity index (χ1) is 9.71. The fraction of sp³-hybridized carbons (Fsp3) is 0.467. The van der Waals surface area contributed by atoms with Crippen LogP contribution in [-0.4, -0.2) is 21.3 Å². The van der Waals surface area contributed by atoms with Crippen molar-refractivity contribution in [2.24, 2.45) is 11.7 Å². The molecule has 2 atom stereocenters. The molecule has 0 saturated heterocycles. The van der Waals surface area contributed by atoms with Crippen molar-refractivity contribution in [1.82, 2.24) is 9.97 Å². The van der Waals surface area contributed by atoms with Crippen LogP contribution in [0.1, 0.15) is 25.7 Å². The van der Waals surface area contributed by atoms with Crippen molar-refractivity contribution in [3.8, 4) is 6.07 Å². The van der Waals surface area contributed by atoms with E-state index in [2.05, 4.69) is 16.0 Å². The van der Waals surface area contributed by atoms with Gasteiger partial charge in [0.2, 0.25) is 0 Å². The smallest absolute Gasteiger partial charge is 0.166 e. The van der Waals surface area contributed by atoms with Gasteiger partial charge < -0.3 is 10.7 Å². The third-order valence-electron chi connectivity index (χ3n) is 4.15. The Labute approximate surface area is 122 Å². The first kappa shape index (κ1) is 13.5. The van der Waals surface area contributed by atoms with Gasteiger partial charge >= 0.3 is 0 Å². The lowest BCUT2D eigenvalue weighted by atomic mass is 9.88. The number of thioether (sulfide) groups is 1. The van der Waals surface area contributed by atoms with Crippen molar-refractivity contribution in [3.05, 3.63) is 24.3 Å². The highest BCUT2D eigenvalue weighted by molar-refractivity contribution is 7.99. The number of benzene rings is 1. The lowest BCUT2D eigenvalue weighted by Gasteiger charge is -2.23. The highest BCUT2D eigenvalue weighted by Gasteiger charge is 2.39. The first-order valence-electron chi connectivity index (χ1n) is 6.99. The van der Waals surface area contributed by atoms with E-state index in [0.717, 1.165) is 47.6 Å². The van der Waals surface area contributed by atoms with E-state index in [1.807, 2.05) is 24.3 Å². The van der Waals surface area contributed by atoms with Gasteiger partial charge in [-0.05, 0) is 37.3 Å². The summed E-state index contributed by atoms with van der Waals surface area (Å²) in [6.45, 7) is 0. The van der Waals surface area contributed by atoms with Crippen LogP contribution < -0.4 is 5.73 Å². The molecule has 1 aromatic carbocycles. The number of hydrogen-bond donors (Lipinski definition) is 2. The molecule has 1 saturated carbocycles. The van der Waals surface area contributed by atoms with Crippen LogP contribution in [0.4, 0.5) is 0 Å². The van der Waals surface area contributed by atoms with Crippen LogP contribution in [0.5, 0.6) is 0 Å². The molecule has 0 radical (unpaired) electrons. The quantitative estimate of drug-likeness (QED) is 0.847. The average molecular weight is 286 g/mol. The van der Waals surface area contributed by atoms with Crippen molar-refractivity contribution in [3.63, 3.8) is 0 Å². The molecule has 1 aromatic heterocycles. The second-order valence-corrected chi connectivity index (χ2v) is 6.52. The summed E-state index contributed by atoms with van der Waals surface area (Å²) in [5, 5.41) is 10.2. The van der Waals surface area contributed by atoms with E-state index in [4.69, 9.17) is 5.73 Å². The largest absolute Gasteiger partial charge is 0.333 e. The maximum Gasteiger partial charge on any atom is 0.166 e. The molecular formula is C15H18N4S. The zero-order chi connectivity index (χ0) is 14.0. The highest BCUT2D eigenvalue weighted by Crippen LogP contribution is 2.36. The molecule has 3 N–H and O–H groups in total. The Kier molecular flexibility index (Phi) is 3.68. The molecule has 104 valence electrons. The number of nitrogens with one attached hydrogen (secondary N) is 1. The van der Waals surface area contributed by atoms with Gasteiger partial charge in [0.15, 0.2) is 5.16 Å². The lowest BCUT2D eigenvalue weighted by Crippen LogP contribution is -2.41. The summed E-state index contributed by atoms with van der Waals surface area (Å²) in [6.07, 6.45) is 3.96. The normalized spacial score (nSPS) is 25.9. The van der Waals surface area contributed by atoms with E-state index >= 15 is 0 Å². The third-order valence-corrected chi connectivity index (χ3v) is 5.06. The summed E-state index contributed by atoms with van der Waals surface area (Å²) in [4.78, 5) is 7.86. The minimum Gasteiger partial charge on any atom is -0.333 e. The summed E-state index contributed by atoms with van der Waals surface area (Å²) < 4.78 is 0. The van der Waals surface area contributed by atoms with E-state index in [-0.39, 0.29) is 0 Å². The van der Waals surface area contributed by atoms with Gasteiger partial charge in [-0.25, -0.2) is 4.98 Å². The Bertz CT molecular complexity index is 612. The molecule has 2 aromatic rings. The predicted molar refractivity (Wildman–Crippen MR) is 81.3 cm³/mol. The Balaban J connectivity index is 1.59. The molecule has 20 heavy (non-hydrogen) atoms. The minimum atomic E-state index is -0.603. The van der Waals surface area contributed by atoms with Gasteiger partial charge in [-0.1, -0.05) is 30.3 Å². The molecule has 1 aliphatic carbocycles. The second kappa shape index (κ2) is 5.47. The molecule has 5 heteroatoms. The van der Waals surface area contributed by atoms with E-state index < -0.39 is 5.54 Å². The number of H-pyrrole nitrogens is 1. The summed E-state index contributed by atoms with van der Waals surface area (Å²) >= 11 is 1.71. The molecule has 1 fully saturated rings. The zero-order valence-electron chi connectivity index (χ0n) is 11.3. The third kappa shape index (κ3) is 2.54. The van der Waals surface area contributed by atoms with Gasteiger partial charge in [0.25, 0.3) is 0 Å². The standard InChI is InChI=1S/C15H18N4S/c16-10-15(17)8-3-4-11(15)7-9-20-14-18-12-5-1-2-6-13(12)19-14/h1-2,5-6,11H,3-4,7-9,17H2,(H,18,19). The van der Waals surface area contributed by atoms with E-state index in [0.29, 0.717) is 5.92 Å². The molecule has 0 aliphatic heterocycles. The fourth-order valence-electron chi connectivity index (χ4n) is 2.95. The number of fused-ring (bicyclic) bond motifs is 1. The van der Waals surface area contributed by atoms with Crippen molar-refractivity contribution in [2.75, 3.05) is 5.75 Å². The number of imidazole rings is 1. The maximum absolute atomic E-state index is 9.21. The minimum absolute atomic E-state index is 0.323. The van der Waals surface area contributed by atoms with Crippen molar-refractivity contribution in [1.29, 1.82) is 5.26 Å². The highest BCUT2D eigenvalue weighted by atomic mass is 32.2. The number of aromatic amines is 1. The van der Waals surface area contributed by atoms with Gasteiger partial charge in [0.1, 0.15) is 5.54 Å². The van der Waals surface area contributed by atoms with Crippen LogP contribution in [0.2, 0.25) is 0 Å². The number of nitrogens with zero attached hydrogens (tertiary/aromatic N) is 2. The van der Waals surface area contributed by atoms with E-state index in [1.165, 1.54) is 0 Å². The van der Waals surface area contributed by atoms with Gasteiger partial charge in [0, 0.05) is 5.75 Å². The summed E-state index contributed by atoms with van der Waals surface area (Å²) in [5.74, 6) is 1.27. The van der Waals surface area contributed by atoms with Crippen LogP contribution >= 0.6 is 11.8 Å². The maximum atomic E-state index is 9.21. The van der Waals surface area contributed by atoms with Crippen LogP contribution in [0, 0.1) is 17.2 Å². The molecule has 0 amide bonds. The Morgan fingerprint density at radius 3 is 3.15 bits per heavy atom. The molecule has 2 unspecified atom stereocenters. The summed E-state index contributed by atoms with van der Waals surface area (Å²) in [6, 6.07) is 10.3. The van der Waals surface area contributed by atoms with Crippen molar-refractivity contribution in [2.45, 2.75) is 36.4 Å². The van der Waals surface area contributed by atoms with Crippen molar-refractivity contribution >= 4 is 22.8 Å². The number of nitriles is 1. The second-order valence-electron chi connectivity index (χ2n) is 5.44. The summed E-state index contributed by atoms with van der Waals surface area (Å²) in [5.41, 5.74) is 7.62. The van der Waals surface area contributed by atoms with E-state index in [9.17, 15) is 5.26 Å². The summed E-state index contributed by atoms with van der Waals surface area (Å²) in [7, 11) is 0. The number of aromatic nitrogens is 2. The zero-order valence-corrected chi connectivity index (χ0v) is 12.1. The molecule has 4 nitrogen and oxygen atoms in total. The van der Waals surface area contributed by atoms with Crippen LogP contribution in [0.3, 0.4) is 0 Å². The van der Waals surface area contributed by atoms with Crippen molar-refractivity contribution < 1.29 is 0 Å². The van der Waals surface area contributed by atoms with Gasteiger partial charge in [-0.15, -0.1) is 0 Å². The molecule has 3 rings (SSSR count). The fourth-order valence-corrected chi connectivity index (χ4v) is 3.89. The Hall–Kier alpha value is -1.51. The Morgan fingerprint density at radius 2 is 2.35 bits per heavy atom. The lowest BCUT2D eigenvalue weighted by molar-refractivity contribution is 0.389. The molecule has 0 bridgehead atoms. The van der Waals surface area contributed by atoms with E-state index in [1.54, 1.807) is 11.8 Å². The topological polar surface area (TPSA) is 78.5 Å². The molecular weight excluding hydrogens is 268 g/mol. The van der Waals surface area contributed by atoms with Crippen LogP contribution in [-0.2, 0) is 0 Å². The van der Waals surface area contributed by atoms with Gasteiger partial charge in [0.05, 0.1) is 17.1 Å². The first-order valence-corrected chi connectivity index (χ1v) is 7.97. The van der Waals surface area contributed by atoms with Crippen LogP contribution in [0.25, 0.3) is 11.0 Å². The monoisotopic (exact) mass is 286 g/mol. The Morgan fingerprint density at radius 1 is 1.50 bits per heavy atom. The van der Waals surface area contributed by atoms with Crippen LogP contribution in [0.15, 0.2) is 29.4 Å². The number of nitrogens with two attached hydrogens (primary N) is 1. The number of para-hydroxylation sites is 2. The SMILES string of the molecule is N#CC1(N)CCCC1CCSc1nc2ccccc2[nH]1. The predicted octanol–water partition coefficient (Wildman–Crippen LogP) is 3.07. The molecule has 1 heterocycles. The van der Waals surface area contributed by atoms with Gasteiger partial charge in [-0.3, -0.25) is 0 Å².